The van der Waals surface area contributed by atoms with Crippen molar-refractivity contribution in [1.82, 2.24) is 0 Å². The van der Waals surface area contributed by atoms with Crippen molar-refractivity contribution in [3.63, 3.8) is 0 Å². The molecular formula is C13H18O3. The average molecular weight is 222 g/mol. The number of hydrogen-bond donors (Lipinski definition) is 1. The van der Waals surface area contributed by atoms with Crippen LogP contribution < -0.4 is 4.74 Å². The molecule has 1 unspecified atom stereocenters. The molecule has 1 rings (SSSR count). The van der Waals surface area contributed by atoms with Gasteiger partial charge >= 0.3 is 5.97 Å². The number of carbonyl (C=O) groups is 1. The van der Waals surface area contributed by atoms with Crippen molar-refractivity contribution in [3.8, 4) is 5.75 Å². The van der Waals surface area contributed by atoms with E-state index in [0.29, 0.717) is 6.42 Å². The molecule has 0 aliphatic heterocycles. The summed E-state index contributed by atoms with van der Waals surface area (Å²) in [5, 5.41) is 8.88. The van der Waals surface area contributed by atoms with E-state index in [4.69, 9.17) is 9.84 Å². The smallest absolute Gasteiger partial charge is 0.306 e. The fraction of sp³-hybridized carbons (Fsp3) is 0.462. The van der Waals surface area contributed by atoms with Gasteiger partial charge in [0.05, 0.1) is 13.0 Å². The van der Waals surface area contributed by atoms with E-state index in [9.17, 15) is 4.79 Å². The highest BCUT2D eigenvalue weighted by atomic mass is 16.5. The maximum atomic E-state index is 10.8. The van der Waals surface area contributed by atoms with Gasteiger partial charge in [-0.1, -0.05) is 19.1 Å². The Kier molecular flexibility index (Phi) is 3.93. The molecule has 0 saturated carbocycles. The van der Waals surface area contributed by atoms with Crippen LogP contribution in [0.15, 0.2) is 12.1 Å². The monoisotopic (exact) mass is 222 g/mol. The highest BCUT2D eigenvalue weighted by Gasteiger charge is 2.15. The van der Waals surface area contributed by atoms with Gasteiger partial charge in [-0.05, 0) is 37.0 Å². The molecule has 0 aromatic heterocycles. The van der Waals surface area contributed by atoms with Gasteiger partial charge in [-0.15, -0.1) is 0 Å². The summed E-state index contributed by atoms with van der Waals surface area (Å²) >= 11 is 0. The van der Waals surface area contributed by atoms with E-state index < -0.39 is 5.97 Å². The van der Waals surface area contributed by atoms with Gasteiger partial charge in [-0.25, -0.2) is 0 Å². The standard InChI is InChI=1S/C13H18O3/c1-8-5-6-11(7-9(2)13(14)15)10(3)12(8)16-4/h5-6,9H,7H2,1-4H3,(H,14,15). The lowest BCUT2D eigenvalue weighted by atomic mass is 9.95. The predicted molar refractivity (Wildman–Crippen MR) is 63.0 cm³/mol. The van der Waals surface area contributed by atoms with Gasteiger partial charge < -0.3 is 9.84 Å². The second-order valence-corrected chi connectivity index (χ2v) is 4.14. The highest BCUT2D eigenvalue weighted by molar-refractivity contribution is 5.70. The second-order valence-electron chi connectivity index (χ2n) is 4.14. The molecule has 0 bridgehead atoms. The van der Waals surface area contributed by atoms with E-state index in [1.54, 1.807) is 14.0 Å². The zero-order valence-electron chi connectivity index (χ0n) is 10.2. The van der Waals surface area contributed by atoms with Gasteiger partial charge in [0, 0.05) is 0 Å². The van der Waals surface area contributed by atoms with Crippen LogP contribution in [0.2, 0.25) is 0 Å². The van der Waals surface area contributed by atoms with Gasteiger partial charge in [-0.3, -0.25) is 4.79 Å². The summed E-state index contributed by atoms with van der Waals surface area (Å²) in [4.78, 5) is 10.8. The number of hydrogen-bond acceptors (Lipinski definition) is 2. The van der Waals surface area contributed by atoms with Crippen LogP contribution in [0.5, 0.6) is 5.75 Å². The molecule has 0 spiro atoms. The molecular weight excluding hydrogens is 204 g/mol. The van der Waals surface area contributed by atoms with Crippen LogP contribution >= 0.6 is 0 Å². The number of ether oxygens (including phenoxy) is 1. The lowest BCUT2D eigenvalue weighted by molar-refractivity contribution is -0.141. The van der Waals surface area contributed by atoms with Crippen LogP contribution in [0, 0.1) is 19.8 Å². The summed E-state index contributed by atoms with van der Waals surface area (Å²) in [5.74, 6) is -0.278. The first-order valence-corrected chi connectivity index (χ1v) is 5.33. The summed E-state index contributed by atoms with van der Waals surface area (Å²) in [7, 11) is 1.64. The molecule has 16 heavy (non-hydrogen) atoms. The Morgan fingerprint density at radius 2 is 2.06 bits per heavy atom. The quantitative estimate of drug-likeness (QED) is 0.851. The number of aliphatic carboxylic acids is 1. The largest absolute Gasteiger partial charge is 0.496 e. The Bertz CT molecular complexity index is 396. The summed E-state index contributed by atoms with van der Waals surface area (Å²) in [6.45, 7) is 5.67. The first-order valence-electron chi connectivity index (χ1n) is 5.33. The fourth-order valence-corrected chi connectivity index (χ4v) is 1.82. The molecule has 1 atom stereocenters. The lowest BCUT2D eigenvalue weighted by Crippen LogP contribution is -2.13. The summed E-state index contributed by atoms with van der Waals surface area (Å²) < 4.78 is 5.31. The molecule has 0 saturated heterocycles. The van der Waals surface area contributed by atoms with E-state index in [2.05, 4.69) is 0 Å². The number of rotatable bonds is 4. The van der Waals surface area contributed by atoms with Gasteiger partial charge in [-0.2, -0.15) is 0 Å². The van der Waals surface area contributed by atoms with Gasteiger partial charge in [0.1, 0.15) is 5.75 Å². The summed E-state index contributed by atoms with van der Waals surface area (Å²) in [6, 6.07) is 3.95. The van der Waals surface area contributed by atoms with E-state index in [-0.39, 0.29) is 5.92 Å². The van der Waals surface area contributed by atoms with Crippen molar-refractivity contribution < 1.29 is 14.6 Å². The Morgan fingerprint density at radius 1 is 1.44 bits per heavy atom. The minimum atomic E-state index is -0.765. The number of aryl methyl sites for hydroxylation is 1. The van der Waals surface area contributed by atoms with Gasteiger partial charge in [0.15, 0.2) is 0 Å². The predicted octanol–water partition coefficient (Wildman–Crippen LogP) is 2.58. The van der Waals surface area contributed by atoms with E-state index in [0.717, 1.165) is 22.4 Å². The first-order chi connectivity index (χ1) is 7.47. The number of benzene rings is 1. The van der Waals surface area contributed by atoms with Crippen LogP contribution in [0.3, 0.4) is 0 Å². The van der Waals surface area contributed by atoms with Crippen LogP contribution in [0.25, 0.3) is 0 Å². The molecule has 3 nitrogen and oxygen atoms in total. The average Bonchev–Trinajstić information content (AvgIpc) is 2.22. The summed E-state index contributed by atoms with van der Waals surface area (Å²) in [6.07, 6.45) is 0.539. The van der Waals surface area contributed by atoms with Crippen molar-refractivity contribution >= 4 is 5.97 Å². The zero-order valence-corrected chi connectivity index (χ0v) is 10.2. The van der Waals surface area contributed by atoms with E-state index >= 15 is 0 Å². The lowest BCUT2D eigenvalue weighted by Gasteiger charge is -2.14. The molecule has 1 N–H and O–H groups in total. The minimum absolute atomic E-state index is 0.369. The molecule has 0 heterocycles. The topological polar surface area (TPSA) is 46.5 Å². The normalized spacial score (nSPS) is 12.2. The zero-order chi connectivity index (χ0) is 12.3. The third-order valence-electron chi connectivity index (χ3n) is 2.87. The Hall–Kier alpha value is -1.51. The van der Waals surface area contributed by atoms with Crippen molar-refractivity contribution in [2.24, 2.45) is 5.92 Å². The first kappa shape index (κ1) is 12.6. The molecule has 0 fully saturated rings. The van der Waals surface area contributed by atoms with Crippen LogP contribution in [-0.2, 0) is 11.2 Å². The maximum Gasteiger partial charge on any atom is 0.306 e. The Labute approximate surface area is 96.1 Å². The molecule has 3 heteroatoms. The fourth-order valence-electron chi connectivity index (χ4n) is 1.82. The maximum absolute atomic E-state index is 10.8. The van der Waals surface area contributed by atoms with Gasteiger partial charge in [0.2, 0.25) is 0 Å². The van der Waals surface area contributed by atoms with Crippen molar-refractivity contribution in [2.75, 3.05) is 7.11 Å². The van der Waals surface area contributed by atoms with Crippen LogP contribution in [0.4, 0.5) is 0 Å². The van der Waals surface area contributed by atoms with E-state index in [1.807, 2.05) is 26.0 Å². The van der Waals surface area contributed by atoms with Crippen molar-refractivity contribution in [3.05, 3.63) is 28.8 Å². The van der Waals surface area contributed by atoms with E-state index in [1.165, 1.54) is 0 Å². The molecule has 88 valence electrons. The molecule has 0 radical (unpaired) electrons. The second kappa shape index (κ2) is 5.01. The Morgan fingerprint density at radius 3 is 2.56 bits per heavy atom. The van der Waals surface area contributed by atoms with Crippen molar-refractivity contribution in [1.29, 1.82) is 0 Å². The Balaban J connectivity index is 3.02. The summed E-state index contributed by atoms with van der Waals surface area (Å²) in [5.41, 5.74) is 3.15. The third kappa shape index (κ3) is 2.54. The number of methoxy groups -OCH3 is 1. The molecule has 1 aromatic carbocycles. The molecule has 0 aliphatic rings. The molecule has 1 aromatic rings. The van der Waals surface area contributed by atoms with Crippen LogP contribution in [-0.4, -0.2) is 18.2 Å². The number of carboxylic acids is 1. The number of carboxylic acid groups (broad SMARTS) is 1. The minimum Gasteiger partial charge on any atom is -0.496 e. The molecule has 0 amide bonds. The highest BCUT2D eigenvalue weighted by Crippen LogP contribution is 2.27. The van der Waals surface area contributed by atoms with Crippen molar-refractivity contribution in [2.45, 2.75) is 27.2 Å². The molecule has 0 aliphatic carbocycles. The third-order valence-corrected chi connectivity index (χ3v) is 2.87. The van der Waals surface area contributed by atoms with Crippen LogP contribution in [0.1, 0.15) is 23.6 Å². The SMILES string of the molecule is COc1c(C)ccc(CC(C)C(=O)O)c1C. The van der Waals surface area contributed by atoms with Gasteiger partial charge in [0.25, 0.3) is 0 Å².